The van der Waals surface area contributed by atoms with Crippen LogP contribution in [0.1, 0.15) is 32.0 Å². The molecular weight excluding hydrogens is 190 g/mol. The molecule has 0 N–H and O–H groups in total. The zero-order valence-corrected chi connectivity index (χ0v) is 9.73. The fourth-order valence-electron chi connectivity index (χ4n) is 2.51. The maximum absolute atomic E-state index is 5.39. The molecule has 0 aliphatic carbocycles. The smallest absolute Gasteiger partial charge is 0.230 e. The van der Waals surface area contributed by atoms with Gasteiger partial charge in [0.15, 0.2) is 0 Å². The third kappa shape index (κ3) is 2.78. The number of aromatic nitrogens is 2. The molecule has 0 saturated carbocycles. The summed E-state index contributed by atoms with van der Waals surface area (Å²) in [4.78, 5) is 2.41. The summed E-state index contributed by atoms with van der Waals surface area (Å²) in [5.74, 6) is 2.95. The molecular formula is C11H19N3O. The molecule has 1 fully saturated rings. The van der Waals surface area contributed by atoms with Gasteiger partial charge < -0.3 is 4.42 Å². The minimum Gasteiger partial charge on any atom is -0.424 e. The topological polar surface area (TPSA) is 42.2 Å². The number of piperidine rings is 1. The van der Waals surface area contributed by atoms with Gasteiger partial charge in [-0.2, -0.15) is 0 Å². The van der Waals surface area contributed by atoms with Crippen molar-refractivity contribution in [3.63, 3.8) is 0 Å². The van der Waals surface area contributed by atoms with Crippen LogP contribution < -0.4 is 0 Å². The first-order valence-electron chi connectivity index (χ1n) is 5.65. The number of likely N-dealkylation sites (tertiary alicyclic amines) is 1. The molecule has 1 saturated heterocycles. The number of hydrogen-bond donors (Lipinski definition) is 0. The summed E-state index contributed by atoms with van der Waals surface area (Å²) in [5, 5.41) is 7.88. The molecule has 0 spiro atoms. The largest absolute Gasteiger partial charge is 0.424 e. The minimum absolute atomic E-state index is 0.656. The highest BCUT2D eigenvalue weighted by molar-refractivity contribution is 4.82. The highest BCUT2D eigenvalue weighted by Crippen LogP contribution is 2.22. The molecule has 2 unspecified atom stereocenters. The van der Waals surface area contributed by atoms with Gasteiger partial charge >= 0.3 is 0 Å². The van der Waals surface area contributed by atoms with Gasteiger partial charge in [0.2, 0.25) is 11.8 Å². The SMILES string of the molecule is Cc1nnc(CN2CC(C)CC(C)C2)o1. The highest BCUT2D eigenvalue weighted by atomic mass is 16.4. The molecule has 0 bridgehead atoms. The molecule has 0 amide bonds. The predicted molar refractivity (Wildman–Crippen MR) is 57.3 cm³/mol. The van der Waals surface area contributed by atoms with Crippen LogP contribution in [0.4, 0.5) is 0 Å². The summed E-state index contributed by atoms with van der Waals surface area (Å²) >= 11 is 0. The van der Waals surface area contributed by atoms with Crippen molar-refractivity contribution in [2.24, 2.45) is 11.8 Å². The van der Waals surface area contributed by atoms with Gasteiger partial charge in [0, 0.05) is 20.0 Å². The first-order chi connectivity index (χ1) is 7.13. The lowest BCUT2D eigenvalue weighted by Gasteiger charge is -2.33. The Kier molecular flexibility index (Phi) is 3.05. The molecule has 84 valence electrons. The highest BCUT2D eigenvalue weighted by Gasteiger charge is 2.22. The molecule has 0 radical (unpaired) electrons. The Hall–Kier alpha value is -0.900. The van der Waals surface area contributed by atoms with Crippen molar-refractivity contribution >= 4 is 0 Å². The summed E-state index contributed by atoms with van der Waals surface area (Å²) in [6.07, 6.45) is 1.33. The van der Waals surface area contributed by atoms with Gasteiger partial charge in [0.05, 0.1) is 6.54 Å². The fraction of sp³-hybridized carbons (Fsp3) is 0.818. The summed E-state index contributed by atoms with van der Waals surface area (Å²) in [6, 6.07) is 0. The quantitative estimate of drug-likeness (QED) is 0.745. The van der Waals surface area contributed by atoms with E-state index >= 15 is 0 Å². The van der Waals surface area contributed by atoms with Crippen LogP contribution in [0, 0.1) is 18.8 Å². The second kappa shape index (κ2) is 4.31. The maximum Gasteiger partial charge on any atom is 0.230 e. The van der Waals surface area contributed by atoms with Crippen LogP contribution >= 0.6 is 0 Å². The van der Waals surface area contributed by atoms with Crippen LogP contribution in [0.5, 0.6) is 0 Å². The Morgan fingerprint density at radius 1 is 1.27 bits per heavy atom. The summed E-state index contributed by atoms with van der Waals surface area (Å²) in [7, 11) is 0. The Bertz CT molecular complexity index is 313. The molecule has 0 aromatic carbocycles. The second-order valence-corrected chi connectivity index (χ2v) is 4.85. The van der Waals surface area contributed by atoms with E-state index in [4.69, 9.17) is 4.42 Å². The molecule has 4 nitrogen and oxygen atoms in total. The molecule has 2 rings (SSSR count). The Morgan fingerprint density at radius 2 is 1.93 bits per heavy atom. The van der Waals surface area contributed by atoms with Crippen LogP contribution in [0.25, 0.3) is 0 Å². The number of nitrogens with zero attached hydrogens (tertiary/aromatic N) is 3. The van der Waals surface area contributed by atoms with Crippen molar-refractivity contribution in [2.75, 3.05) is 13.1 Å². The van der Waals surface area contributed by atoms with E-state index in [-0.39, 0.29) is 0 Å². The third-order valence-corrected chi connectivity index (χ3v) is 2.87. The minimum atomic E-state index is 0.656. The van der Waals surface area contributed by atoms with Gasteiger partial charge in [-0.3, -0.25) is 4.90 Å². The summed E-state index contributed by atoms with van der Waals surface area (Å²) < 4.78 is 5.39. The van der Waals surface area contributed by atoms with Crippen molar-refractivity contribution in [1.82, 2.24) is 15.1 Å². The van der Waals surface area contributed by atoms with E-state index < -0.39 is 0 Å². The van der Waals surface area contributed by atoms with E-state index in [2.05, 4.69) is 28.9 Å². The zero-order chi connectivity index (χ0) is 10.8. The van der Waals surface area contributed by atoms with Gasteiger partial charge in [-0.1, -0.05) is 13.8 Å². The van der Waals surface area contributed by atoms with E-state index in [1.54, 1.807) is 0 Å². The molecule has 15 heavy (non-hydrogen) atoms. The molecule has 1 aromatic rings. The van der Waals surface area contributed by atoms with E-state index in [0.717, 1.165) is 37.4 Å². The van der Waals surface area contributed by atoms with Crippen molar-refractivity contribution in [1.29, 1.82) is 0 Å². The fourth-order valence-corrected chi connectivity index (χ4v) is 2.51. The van der Waals surface area contributed by atoms with Crippen LogP contribution in [-0.2, 0) is 6.54 Å². The van der Waals surface area contributed by atoms with E-state index in [0.29, 0.717) is 5.89 Å². The van der Waals surface area contributed by atoms with Crippen molar-refractivity contribution in [2.45, 2.75) is 33.7 Å². The monoisotopic (exact) mass is 209 g/mol. The predicted octanol–water partition coefficient (Wildman–Crippen LogP) is 1.86. The zero-order valence-electron chi connectivity index (χ0n) is 9.73. The van der Waals surface area contributed by atoms with Crippen LogP contribution in [0.3, 0.4) is 0 Å². The molecule has 1 aliphatic rings. The van der Waals surface area contributed by atoms with Gasteiger partial charge in [-0.15, -0.1) is 10.2 Å². The van der Waals surface area contributed by atoms with Crippen molar-refractivity contribution in [3.8, 4) is 0 Å². The van der Waals surface area contributed by atoms with Crippen LogP contribution in [0.15, 0.2) is 4.42 Å². The van der Waals surface area contributed by atoms with Crippen molar-refractivity contribution < 1.29 is 4.42 Å². The molecule has 4 heteroatoms. The number of hydrogen-bond acceptors (Lipinski definition) is 4. The van der Waals surface area contributed by atoms with Gasteiger partial charge in [0.25, 0.3) is 0 Å². The summed E-state index contributed by atoms with van der Waals surface area (Å²) in [6.45, 7) is 9.54. The van der Waals surface area contributed by atoms with E-state index in [9.17, 15) is 0 Å². The molecule has 2 heterocycles. The normalized spacial score (nSPS) is 28.2. The van der Waals surface area contributed by atoms with Gasteiger partial charge in [-0.05, 0) is 18.3 Å². The number of aryl methyl sites for hydroxylation is 1. The molecule has 1 aromatic heterocycles. The van der Waals surface area contributed by atoms with E-state index in [1.165, 1.54) is 6.42 Å². The van der Waals surface area contributed by atoms with Crippen molar-refractivity contribution in [3.05, 3.63) is 11.8 Å². The second-order valence-electron chi connectivity index (χ2n) is 4.85. The first kappa shape index (κ1) is 10.6. The maximum atomic E-state index is 5.39. The van der Waals surface area contributed by atoms with Gasteiger partial charge in [0.1, 0.15) is 0 Å². The standard InChI is InChI=1S/C11H19N3O/c1-8-4-9(2)6-14(5-8)7-11-13-12-10(3)15-11/h8-9H,4-7H2,1-3H3. The van der Waals surface area contributed by atoms with Crippen LogP contribution in [-0.4, -0.2) is 28.2 Å². The average Bonchev–Trinajstić information content (AvgIpc) is 2.49. The van der Waals surface area contributed by atoms with Gasteiger partial charge in [-0.25, -0.2) is 0 Å². The first-order valence-corrected chi connectivity index (χ1v) is 5.65. The van der Waals surface area contributed by atoms with Crippen LogP contribution in [0.2, 0.25) is 0 Å². The average molecular weight is 209 g/mol. The lowest BCUT2D eigenvalue weighted by atomic mass is 9.92. The number of rotatable bonds is 2. The van der Waals surface area contributed by atoms with E-state index in [1.807, 2.05) is 6.92 Å². The molecule has 2 atom stereocenters. The lowest BCUT2D eigenvalue weighted by Crippen LogP contribution is -2.38. The Labute approximate surface area is 90.7 Å². The summed E-state index contributed by atoms with van der Waals surface area (Å²) in [5.41, 5.74) is 0. The molecule has 1 aliphatic heterocycles. The Morgan fingerprint density at radius 3 is 2.47 bits per heavy atom. The lowest BCUT2D eigenvalue weighted by molar-refractivity contribution is 0.123. The third-order valence-electron chi connectivity index (χ3n) is 2.87. The Balaban J connectivity index is 1.94.